The van der Waals surface area contributed by atoms with Crippen molar-refractivity contribution in [3.8, 4) is 0 Å². The van der Waals surface area contributed by atoms with Crippen LogP contribution in [0.3, 0.4) is 0 Å². The number of halogens is 1. The summed E-state index contributed by atoms with van der Waals surface area (Å²) in [7, 11) is 7.36. The zero-order valence-electron chi connectivity index (χ0n) is 18.6. The molecule has 3 rings (SSSR count). The van der Waals surface area contributed by atoms with Crippen LogP contribution in [0.1, 0.15) is 20.8 Å². The van der Waals surface area contributed by atoms with Crippen molar-refractivity contribution in [3.63, 3.8) is 0 Å². The maximum Gasteiger partial charge on any atom is 0.261 e. The number of thiophene rings is 1. The third-order valence-corrected chi connectivity index (χ3v) is 6.21. The summed E-state index contributed by atoms with van der Waals surface area (Å²) in [6.45, 7) is 1.60. The van der Waals surface area contributed by atoms with E-state index in [1.165, 1.54) is 11.3 Å². The van der Waals surface area contributed by atoms with Gasteiger partial charge in [-0.15, -0.1) is 11.3 Å². The van der Waals surface area contributed by atoms with E-state index in [0.29, 0.717) is 34.7 Å². The minimum atomic E-state index is -0.318. The van der Waals surface area contributed by atoms with Crippen LogP contribution in [0.5, 0.6) is 0 Å². The van der Waals surface area contributed by atoms with Gasteiger partial charge < -0.3 is 19.9 Å². The molecule has 10 heteroatoms. The molecular weight excluding hydrogens is 450 g/mol. The molecule has 1 atom stereocenters. The highest BCUT2D eigenvalue weighted by atomic mass is 35.5. The fourth-order valence-corrected chi connectivity index (χ4v) is 4.14. The molecule has 2 heterocycles. The highest BCUT2D eigenvalue weighted by molar-refractivity contribution is 7.18. The van der Waals surface area contributed by atoms with E-state index >= 15 is 0 Å². The first kappa shape index (κ1) is 24.1. The molecular formula is C22H28ClN5O3S. The predicted octanol–water partition coefficient (Wildman–Crippen LogP) is 3.05. The minimum Gasteiger partial charge on any atom is -0.383 e. The number of carbonyl (C=O) groups excluding carboxylic acids is 1. The Balaban J connectivity index is 1.77. The first-order valence-corrected chi connectivity index (χ1v) is 11.3. The van der Waals surface area contributed by atoms with Gasteiger partial charge in [-0.25, -0.2) is 0 Å². The highest BCUT2D eigenvalue weighted by Crippen LogP contribution is 2.30. The lowest BCUT2D eigenvalue weighted by Gasteiger charge is -2.24. The summed E-state index contributed by atoms with van der Waals surface area (Å²) < 4.78 is 5.81. The minimum absolute atomic E-state index is 0.182. The van der Waals surface area contributed by atoms with E-state index in [-0.39, 0.29) is 12.0 Å². The van der Waals surface area contributed by atoms with Crippen LogP contribution in [0.15, 0.2) is 36.4 Å². The Labute approximate surface area is 197 Å². The molecule has 172 valence electrons. The number of ether oxygens (including phenoxy) is 1. The smallest absolute Gasteiger partial charge is 0.261 e. The summed E-state index contributed by atoms with van der Waals surface area (Å²) in [5, 5.41) is 11.2. The van der Waals surface area contributed by atoms with Crippen LogP contribution >= 0.6 is 22.9 Å². The van der Waals surface area contributed by atoms with Crippen molar-refractivity contribution < 1.29 is 14.4 Å². The summed E-state index contributed by atoms with van der Waals surface area (Å²) in [6.07, 6.45) is 1.63. The standard InChI is InChI=1S/C22H28ClN5O3S/c1-27(2)21(24)14-5-6-16(18(11-14)28(3)9-10-30-4)17-12-15(31-26-17)13-25-22(29)19-7-8-20(23)32-19/h5-8,11-12,15,24,26H,9-10,13H2,1-4H3,(H,25,29). The van der Waals surface area contributed by atoms with Crippen molar-refractivity contribution in [2.45, 2.75) is 6.10 Å². The van der Waals surface area contributed by atoms with Crippen molar-refractivity contribution >= 4 is 46.1 Å². The number of anilines is 1. The quantitative estimate of drug-likeness (QED) is 0.380. The fourth-order valence-electron chi connectivity index (χ4n) is 3.18. The molecule has 1 amide bonds. The first-order valence-electron chi connectivity index (χ1n) is 10.1. The lowest BCUT2D eigenvalue weighted by atomic mass is 10.0. The van der Waals surface area contributed by atoms with E-state index in [1.807, 2.05) is 45.4 Å². The normalized spacial score (nSPS) is 15.2. The molecule has 1 unspecified atom stereocenters. The number of rotatable bonds is 9. The zero-order valence-corrected chi connectivity index (χ0v) is 20.1. The van der Waals surface area contributed by atoms with E-state index in [9.17, 15) is 4.79 Å². The van der Waals surface area contributed by atoms with Gasteiger partial charge in [-0.3, -0.25) is 20.5 Å². The Morgan fingerprint density at radius 2 is 2.09 bits per heavy atom. The molecule has 0 aliphatic carbocycles. The number of carbonyl (C=O) groups is 1. The second-order valence-electron chi connectivity index (χ2n) is 7.54. The van der Waals surface area contributed by atoms with E-state index < -0.39 is 0 Å². The van der Waals surface area contributed by atoms with Crippen LogP contribution in [-0.2, 0) is 9.57 Å². The van der Waals surface area contributed by atoms with Gasteiger partial charge in [0.1, 0.15) is 11.9 Å². The molecule has 0 saturated heterocycles. The largest absolute Gasteiger partial charge is 0.383 e. The van der Waals surface area contributed by atoms with Crippen LogP contribution in [-0.4, -0.2) is 70.7 Å². The summed E-state index contributed by atoms with van der Waals surface area (Å²) in [5.41, 5.74) is 6.50. The monoisotopic (exact) mass is 477 g/mol. The van der Waals surface area contributed by atoms with Gasteiger partial charge >= 0.3 is 0 Å². The van der Waals surface area contributed by atoms with Crippen molar-refractivity contribution in [2.75, 3.05) is 52.8 Å². The number of nitrogens with one attached hydrogen (secondary N) is 3. The van der Waals surface area contributed by atoms with Crippen LogP contribution in [0.25, 0.3) is 5.70 Å². The van der Waals surface area contributed by atoms with E-state index in [1.54, 1.807) is 24.1 Å². The number of methoxy groups -OCH3 is 1. The molecule has 0 spiro atoms. The molecule has 0 fully saturated rings. The number of nitrogens with zero attached hydrogens (tertiary/aromatic N) is 2. The van der Waals surface area contributed by atoms with Crippen LogP contribution in [0.4, 0.5) is 5.69 Å². The maximum atomic E-state index is 12.3. The number of hydroxylamine groups is 1. The Hall–Kier alpha value is -2.59. The SMILES string of the molecule is COCCN(C)c1cc(C(=N)N(C)C)ccc1C1=CC(CNC(=O)c2ccc(Cl)s2)ON1. The zero-order chi connectivity index (χ0) is 23.3. The van der Waals surface area contributed by atoms with Crippen LogP contribution < -0.4 is 15.7 Å². The molecule has 2 aromatic rings. The molecule has 1 aliphatic rings. The molecule has 32 heavy (non-hydrogen) atoms. The second-order valence-corrected chi connectivity index (χ2v) is 9.26. The Kier molecular flexibility index (Phi) is 8.14. The number of likely N-dealkylation sites (N-methyl/N-ethyl adjacent to an activating group) is 1. The Morgan fingerprint density at radius 1 is 1.31 bits per heavy atom. The Morgan fingerprint density at radius 3 is 2.75 bits per heavy atom. The van der Waals surface area contributed by atoms with Gasteiger partial charge in [0.15, 0.2) is 0 Å². The number of benzene rings is 1. The summed E-state index contributed by atoms with van der Waals surface area (Å²) in [5.74, 6) is 0.246. The van der Waals surface area contributed by atoms with Crippen molar-refractivity contribution in [1.82, 2.24) is 15.7 Å². The molecule has 3 N–H and O–H groups in total. The van der Waals surface area contributed by atoms with Gasteiger partial charge in [0.05, 0.1) is 28.1 Å². The van der Waals surface area contributed by atoms with E-state index in [2.05, 4.69) is 15.7 Å². The van der Waals surface area contributed by atoms with Gasteiger partial charge in [-0.2, -0.15) is 0 Å². The molecule has 1 aromatic carbocycles. The molecule has 0 saturated carbocycles. The average molecular weight is 478 g/mol. The molecule has 0 radical (unpaired) electrons. The third kappa shape index (κ3) is 5.80. The molecule has 8 nitrogen and oxygen atoms in total. The van der Waals surface area contributed by atoms with Gasteiger partial charge in [-0.05, 0) is 24.3 Å². The predicted molar refractivity (Wildman–Crippen MR) is 130 cm³/mol. The number of amides is 1. The maximum absolute atomic E-state index is 12.3. The highest BCUT2D eigenvalue weighted by Gasteiger charge is 2.22. The molecule has 1 aliphatic heterocycles. The Bertz CT molecular complexity index is 1010. The number of hydrogen-bond acceptors (Lipinski definition) is 7. The van der Waals surface area contributed by atoms with Gasteiger partial charge in [0.2, 0.25) is 0 Å². The molecule has 0 bridgehead atoms. The average Bonchev–Trinajstić information content (AvgIpc) is 3.44. The number of amidine groups is 1. The summed E-state index contributed by atoms with van der Waals surface area (Å²) in [4.78, 5) is 22.4. The van der Waals surface area contributed by atoms with Crippen molar-refractivity contribution in [3.05, 3.63) is 56.7 Å². The topological polar surface area (TPSA) is 89.9 Å². The molecule has 1 aromatic heterocycles. The van der Waals surface area contributed by atoms with Gasteiger partial charge in [-0.1, -0.05) is 23.7 Å². The third-order valence-electron chi connectivity index (χ3n) is 4.98. The summed E-state index contributed by atoms with van der Waals surface area (Å²) in [6, 6.07) is 9.29. The van der Waals surface area contributed by atoms with Crippen molar-refractivity contribution in [1.29, 1.82) is 5.41 Å². The van der Waals surface area contributed by atoms with E-state index in [4.69, 9.17) is 26.6 Å². The lowest BCUT2D eigenvalue weighted by molar-refractivity contribution is 0.0499. The first-order chi connectivity index (χ1) is 15.3. The van der Waals surface area contributed by atoms with Crippen LogP contribution in [0, 0.1) is 5.41 Å². The van der Waals surface area contributed by atoms with Crippen LogP contribution in [0.2, 0.25) is 4.34 Å². The summed E-state index contributed by atoms with van der Waals surface area (Å²) >= 11 is 7.14. The van der Waals surface area contributed by atoms with Gasteiger partial charge in [0.25, 0.3) is 5.91 Å². The second kappa shape index (κ2) is 10.8. The fraction of sp³-hybridized carbons (Fsp3) is 0.364. The van der Waals surface area contributed by atoms with Crippen molar-refractivity contribution in [2.24, 2.45) is 0 Å². The lowest BCUT2D eigenvalue weighted by Crippen LogP contribution is -2.32. The van der Waals surface area contributed by atoms with E-state index in [0.717, 1.165) is 22.5 Å². The van der Waals surface area contributed by atoms with Gasteiger partial charge in [0, 0.05) is 51.6 Å². The number of hydrogen-bond donors (Lipinski definition) is 3.